The van der Waals surface area contributed by atoms with E-state index < -0.39 is 15.7 Å². The van der Waals surface area contributed by atoms with Gasteiger partial charge in [-0.25, -0.2) is 0 Å². The van der Waals surface area contributed by atoms with Crippen LogP contribution < -0.4 is 4.72 Å². The summed E-state index contributed by atoms with van der Waals surface area (Å²) in [5.41, 5.74) is -0.762. The minimum atomic E-state index is -3.47. The van der Waals surface area contributed by atoms with Crippen molar-refractivity contribution in [2.24, 2.45) is 5.92 Å². The Morgan fingerprint density at radius 3 is 2.35 bits per heavy atom. The quantitative estimate of drug-likeness (QED) is 0.768. The van der Waals surface area contributed by atoms with Crippen LogP contribution in [-0.4, -0.2) is 43.1 Å². The molecule has 0 saturated carbocycles. The molecule has 1 heterocycles. The van der Waals surface area contributed by atoms with Crippen molar-refractivity contribution in [3.63, 3.8) is 0 Å². The van der Waals surface area contributed by atoms with Crippen molar-refractivity contribution in [3.8, 4) is 0 Å². The molecule has 1 aliphatic heterocycles. The minimum Gasteiger partial charge on any atom is -0.394 e. The summed E-state index contributed by atoms with van der Waals surface area (Å²) in [5, 5.41) is 9.24. The molecule has 17 heavy (non-hydrogen) atoms. The molecule has 0 spiro atoms. The van der Waals surface area contributed by atoms with Gasteiger partial charge in [0, 0.05) is 13.1 Å². The van der Waals surface area contributed by atoms with Gasteiger partial charge in [-0.1, -0.05) is 13.8 Å². The molecule has 0 amide bonds. The fourth-order valence-electron chi connectivity index (χ4n) is 1.82. The number of hydrogen-bond acceptors (Lipinski definition) is 3. The van der Waals surface area contributed by atoms with Gasteiger partial charge in [0.1, 0.15) is 0 Å². The lowest BCUT2D eigenvalue weighted by Crippen LogP contribution is -2.54. The fourth-order valence-corrected chi connectivity index (χ4v) is 3.47. The normalized spacial score (nSPS) is 23.5. The summed E-state index contributed by atoms with van der Waals surface area (Å²) in [6, 6.07) is 0. The number of nitrogens with one attached hydrogen (secondary N) is 1. The monoisotopic (exact) mass is 264 g/mol. The zero-order valence-corrected chi connectivity index (χ0v) is 11.8. The van der Waals surface area contributed by atoms with E-state index in [1.165, 1.54) is 4.31 Å². The van der Waals surface area contributed by atoms with Crippen molar-refractivity contribution in [1.82, 2.24) is 9.03 Å². The first-order valence-corrected chi connectivity index (χ1v) is 7.67. The molecule has 6 heteroatoms. The average Bonchev–Trinajstić information content (AvgIpc) is 2.29. The highest BCUT2D eigenvalue weighted by Gasteiger charge is 2.32. The SMILES string of the molecule is CCC(C)(CO)NS(=O)(=O)N1CCC(C)CC1. The van der Waals surface area contributed by atoms with E-state index in [2.05, 4.69) is 11.6 Å². The third-order valence-electron chi connectivity index (χ3n) is 3.59. The van der Waals surface area contributed by atoms with Crippen LogP contribution in [0.5, 0.6) is 0 Å². The van der Waals surface area contributed by atoms with Crippen LogP contribution >= 0.6 is 0 Å². The van der Waals surface area contributed by atoms with Gasteiger partial charge >= 0.3 is 0 Å². The van der Waals surface area contributed by atoms with E-state index in [4.69, 9.17) is 0 Å². The van der Waals surface area contributed by atoms with Crippen molar-refractivity contribution in [1.29, 1.82) is 0 Å². The smallest absolute Gasteiger partial charge is 0.280 e. The molecule has 0 aromatic rings. The standard InChI is InChI=1S/C11H24N2O3S/c1-4-11(3,9-14)12-17(15,16)13-7-5-10(2)6-8-13/h10,12,14H,4-9H2,1-3H3. The van der Waals surface area contributed by atoms with Gasteiger partial charge in [-0.15, -0.1) is 0 Å². The lowest BCUT2D eigenvalue weighted by molar-refractivity contribution is 0.186. The largest absolute Gasteiger partial charge is 0.394 e. The Bertz CT molecular complexity index is 331. The van der Waals surface area contributed by atoms with Crippen LogP contribution in [0.3, 0.4) is 0 Å². The topological polar surface area (TPSA) is 69.6 Å². The van der Waals surface area contributed by atoms with E-state index in [-0.39, 0.29) is 6.61 Å². The van der Waals surface area contributed by atoms with E-state index in [0.717, 1.165) is 12.8 Å². The Balaban J connectivity index is 2.68. The highest BCUT2D eigenvalue weighted by molar-refractivity contribution is 7.87. The first-order chi connectivity index (χ1) is 7.83. The van der Waals surface area contributed by atoms with Gasteiger partial charge in [0.25, 0.3) is 10.2 Å². The third-order valence-corrected chi connectivity index (χ3v) is 5.38. The van der Waals surface area contributed by atoms with Crippen LogP contribution in [0, 0.1) is 5.92 Å². The van der Waals surface area contributed by atoms with Crippen LogP contribution in [0.4, 0.5) is 0 Å². The second-order valence-corrected chi connectivity index (χ2v) is 6.93. The van der Waals surface area contributed by atoms with Crippen molar-refractivity contribution in [2.45, 2.75) is 45.6 Å². The molecule has 1 saturated heterocycles. The molecule has 1 unspecified atom stereocenters. The Morgan fingerprint density at radius 1 is 1.41 bits per heavy atom. The molecule has 0 radical (unpaired) electrons. The summed E-state index contributed by atoms with van der Waals surface area (Å²) < 4.78 is 28.3. The van der Waals surface area contributed by atoms with Crippen LogP contribution in [0.1, 0.15) is 40.0 Å². The summed E-state index contributed by atoms with van der Waals surface area (Å²) in [6.45, 7) is 6.67. The van der Waals surface area contributed by atoms with Crippen LogP contribution in [0.15, 0.2) is 0 Å². The first-order valence-electron chi connectivity index (χ1n) is 6.23. The third kappa shape index (κ3) is 3.91. The molecule has 1 fully saturated rings. The number of hydrogen-bond donors (Lipinski definition) is 2. The summed E-state index contributed by atoms with van der Waals surface area (Å²) >= 11 is 0. The second kappa shape index (κ2) is 5.65. The molecule has 0 aliphatic carbocycles. The highest BCUT2D eigenvalue weighted by atomic mass is 32.2. The first kappa shape index (κ1) is 14.9. The molecular weight excluding hydrogens is 240 g/mol. The van der Waals surface area contributed by atoms with Gasteiger partial charge in [-0.3, -0.25) is 0 Å². The number of piperidine rings is 1. The fraction of sp³-hybridized carbons (Fsp3) is 1.00. The maximum absolute atomic E-state index is 12.1. The molecule has 0 bridgehead atoms. The van der Waals surface area contributed by atoms with Crippen molar-refractivity contribution in [3.05, 3.63) is 0 Å². The molecule has 1 rings (SSSR count). The highest BCUT2D eigenvalue weighted by Crippen LogP contribution is 2.19. The minimum absolute atomic E-state index is 0.188. The molecule has 102 valence electrons. The number of rotatable bonds is 5. The zero-order chi connectivity index (χ0) is 13.1. The van der Waals surface area contributed by atoms with E-state index >= 15 is 0 Å². The Kier molecular flexibility index (Phi) is 4.95. The van der Waals surface area contributed by atoms with Crippen LogP contribution in [0.2, 0.25) is 0 Å². The lowest BCUT2D eigenvalue weighted by atomic mass is 10.0. The summed E-state index contributed by atoms with van der Waals surface area (Å²) in [5.74, 6) is 0.594. The van der Waals surface area contributed by atoms with Gasteiger partial charge in [0.05, 0.1) is 12.1 Å². The maximum Gasteiger partial charge on any atom is 0.280 e. The van der Waals surface area contributed by atoms with E-state index in [1.807, 2.05) is 6.92 Å². The van der Waals surface area contributed by atoms with Gasteiger partial charge in [-0.05, 0) is 32.1 Å². The number of aliphatic hydroxyl groups excluding tert-OH is 1. The van der Waals surface area contributed by atoms with Gasteiger partial charge in [0.15, 0.2) is 0 Å². The molecule has 0 aromatic carbocycles. The molecule has 1 aliphatic rings. The zero-order valence-electron chi connectivity index (χ0n) is 10.9. The van der Waals surface area contributed by atoms with Crippen molar-refractivity contribution in [2.75, 3.05) is 19.7 Å². The van der Waals surface area contributed by atoms with Gasteiger partial charge in [0.2, 0.25) is 0 Å². The predicted molar refractivity (Wildman–Crippen MR) is 67.8 cm³/mol. The Morgan fingerprint density at radius 2 is 1.94 bits per heavy atom. The lowest BCUT2D eigenvalue weighted by Gasteiger charge is -2.34. The van der Waals surface area contributed by atoms with Crippen LogP contribution in [0.25, 0.3) is 0 Å². The molecule has 5 nitrogen and oxygen atoms in total. The van der Waals surface area contributed by atoms with E-state index in [9.17, 15) is 13.5 Å². The van der Waals surface area contributed by atoms with Gasteiger partial charge in [-0.2, -0.15) is 17.4 Å². The summed E-state index contributed by atoms with van der Waals surface area (Å²) in [7, 11) is -3.47. The summed E-state index contributed by atoms with van der Waals surface area (Å²) in [6.07, 6.45) is 2.37. The Hall–Kier alpha value is -0.170. The predicted octanol–water partition coefficient (Wildman–Crippen LogP) is 0.714. The Labute approximate surface area is 104 Å². The van der Waals surface area contributed by atoms with Crippen molar-refractivity contribution >= 4 is 10.2 Å². The molecular formula is C11H24N2O3S. The molecule has 1 atom stereocenters. The van der Waals surface area contributed by atoms with E-state index in [0.29, 0.717) is 25.4 Å². The molecule has 2 N–H and O–H groups in total. The summed E-state index contributed by atoms with van der Waals surface area (Å²) in [4.78, 5) is 0. The van der Waals surface area contributed by atoms with E-state index in [1.54, 1.807) is 6.92 Å². The number of nitrogens with zero attached hydrogens (tertiary/aromatic N) is 1. The second-order valence-electron chi connectivity index (χ2n) is 5.26. The van der Waals surface area contributed by atoms with Crippen molar-refractivity contribution < 1.29 is 13.5 Å². The average molecular weight is 264 g/mol. The molecule has 0 aromatic heterocycles. The number of aliphatic hydroxyl groups is 1. The maximum atomic E-state index is 12.1. The van der Waals surface area contributed by atoms with Crippen LogP contribution in [-0.2, 0) is 10.2 Å². The van der Waals surface area contributed by atoms with Gasteiger partial charge < -0.3 is 5.11 Å².